The Labute approximate surface area is 177 Å². The van der Waals surface area contributed by atoms with E-state index in [-0.39, 0.29) is 23.3 Å². The van der Waals surface area contributed by atoms with Gasteiger partial charge < -0.3 is 10.6 Å². The third-order valence-corrected chi connectivity index (χ3v) is 6.34. The highest BCUT2D eigenvalue weighted by Gasteiger charge is 2.17. The van der Waals surface area contributed by atoms with Gasteiger partial charge >= 0.3 is 0 Å². The van der Waals surface area contributed by atoms with Gasteiger partial charge in [0.1, 0.15) is 0 Å². The molecule has 0 bridgehead atoms. The molecule has 0 aromatic heterocycles. The molecular weight excluding hydrogens is 506 g/mol. The summed E-state index contributed by atoms with van der Waals surface area (Å²) in [5.74, 6) is 0.256. The van der Waals surface area contributed by atoms with Crippen LogP contribution in [0.3, 0.4) is 0 Å². The summed E-state index contributed by atoms with van der Waals surface area (Å²) in [5, 5.41) is 0. The normalized spacial score (nSPS) is 11.8. The van der Waals surface area contributed by atoms with Crippen molar-refractivity contribution in [2.24, 2.45) is 10.7 Å². The minimum Gasteiger partial charge on any atom is -0.369 e. The van der Waals surface area contributed by atoms with Crippen LogP contribution < -0.4 is 10.6 Å². The van der Waals surface area contributed by atoms with Crippen molar-refractivity contribution >= 4 is 71.4 Å². The van der Waals surface area contributed by atoms with Gasteiger partial charge in [-0.15, -0.1) is 12.4 Å². The Hall–Kier alpha value is -1.09. The number of sulfone groups is 1. The first kappa shape index (κ1) is 23.0. The summed E-state index contributed by atoms with van der Waals surface area (Å²) in [5.41, 5.74) is 8.68. The van der Waals surface area contributed by atoms with Crippen LogP contribution in [0, 0.1) is 0 Å². The Morgan fingerprint density at radius 2 is 1.88 bits per heavy atom. The number of aliphatic imine (C=N–C) groups is 1. The van der Waals surface area contributed by atoms with Crippen molar-refractivity contribution in [3.05, 3.63) is 50.9 Å². The van der Waals surface area contributed by atoms with Gasteiger partial charge in [-0.2, -0.15) is 0 Å². The molecule has 2 aromatic rings. The Balaban J connectivity index is 0.00000338. The highest BCUT2D eigenvalue weighted by molar-refractivity contribution is 9.11. The van der Waals surface area contributed by atoms with Gasteiger partial charge in [0.15, 0.2) is 9.84 Å². The predicted molar refractivity (Wildman–Crippen MR) is 118 cm³/mol. The molecule has 2 aromatic carbocycles. The minimum absolute atomic E-state index is 0. The molecule has 0 atom stereocenters. The number of rotatable bonds is 4. The monoisotopic (exact) mass is 523 g/mol. The highest BCUT2D eigenvalue weighted by Crippen LogP contribution is 2.35. The second kappa shape index (κ2) is 9.21. The molecule has 2 N–H and O–H groups in total. The number of nitrogens with zero attached hydrogens (tertiary/aromatic N) is 2. The van der Waals surface area contributed by atoms with Gasteiger partial charge in [-0.1, -0.05) is 35.0 Å². The molecule has 0 spiro atoms. The summed E-state index contributed by atoms with van der Waals surface area (Å²) in [6.07, 6.45) is 2.08. The average Bonchev–Trinajstić information content (AvgIpc) is 2.56. The topological polar surface area (TPSA) is 75.8 Å². The predicted octanol–water partition coefficient (Wildman–Crippen LogP) is 4.68. The van der Waals surface area contributed by atoms with Crippen LogP contribution in [0.15, 0.2) is 55.2 Å². The molecule has 0 heterocycles. The molecule has 0 radical (unpaired) electrons. The molecule has 0 unspecified atom stereocenters. The molecule has 2 rings (SSSR count). The third-order valence-electron chi connectivity index (χ3n) is 3.67. The Morgan fingerprint density at radius 3 is 2.46 bits per heavy atom. The van der Waals surface area contributed by atoms with E-state index in [0.717, 1.165) is 18.4 Å². The zero-order valence-electron chi connectivity index (χ0n) is 14.5. The van der Waals surface area contributed by atoms with Crippen LogP contribution >= 0.6 is 44.3 Å². The Bertz CT molecular complexity index is 934. The quantitative estimate of drug-likeness (QED) is 0.465. The molecule has 0 aliphatic heterocycles. The van der Waals surface area contributed by atoms with Gasteiger partial charge in [-0.25, -0.2) is 13.4 Å². The first-order chi connectivity index (χ1) is 11.6. The van der Waals surface area contributed by atoms with Gasteiger partial charge in [-0.3, -0.25) is 0 Å². The van der Waals surface area contributed by atoms with Crippen molar-refractivity contribution in [2.75, 3.05) is 18.2 Å². The first-order valence-electron chi connectivity index (χ1n) is 7.49. The fraction of sp³-hybridized carbons (Fsp3) is 0.235. The molecule has 9 heteroatoms. The minimum atomic E-state index is -3.40. The van der Waals surface area contributed by atoms with E-state index in [9.17, 15) is 8.42 Å². The number of guanidine groups is 1. The van der Waals surface area contributed by atoms with E-state index in [1.807, 2.05) is 31.3 Å². The van der Waals surface area contributed by atoms with Crippen molar-refractivity contribution < 1.29 is 8.42 Å². The number of aryl methyl sites for hydroxylation is 1. The maximum absolute atomic E-state index is 11.9. The van der Waals surface area contributed by atoms with Crippen LogP contribution in [0.5, 0.6) is 0 Å². The molecule has 142 valence electrons. The molecule has 0 saturated carbocycles. The van der Waals surface area contributed by atoms with Crippen molar-refractivity contribution in [1.82, 2.24) is 0 Å². The standard InChI is InChI=1S/C17H19Br2N3O2S.ClH/c1-4-11-6-5-7-13(8-11)22(2)17(20)21-14-9-12(18)10-15(16(14)19)25(3,23)24;/h5-10H,4H2,1-3H3,(H2,20,21);1H. The number of anilines is 1. The smallest absolute Gasteiger partial charge is 0.200 e. The summed E-state index contributed by atoms with van der Waals surface area (Å²) >= 11 is 6.65. The number of hydrogen-bond donors (Lipinski definition) is 1. The Morgan fingerprint density at radius 1 is 1.23 bits per heavy atom. The molecule has 0 amide bonds. The molecule has 5 nitrogen and oxygen atoms in total. The lowest BCUT2D eigenvalue weighted by Gasteiger charge is -2.19. The largest absolute Gasteiger partial charge is 0.369 e. The van der Waals surface area contributed by atoms with Crippen LogP contribution in [0.4, 0.5) is 11.4 Å². The Kier molecular flexibility index (Phi) is 8.13. The van der Waals surface area contributed by atoms with Crippen LogP contribution in [0.25, 0.3) is 0 Å². The molecule has 0 aliphatic rings. The molecule has 0 saturated heterocycles. The van der Waals surface area contributed by atoms with Gasteiger partial charge in [0.25, 0.3) is 0 Å². The van der Waals surface area contributed by atoms with E-state index in [4.69, 9.17) is 5.73 Å². The van der Waals surface area contributed by atoms with Crippen LogP contribution in [-0.4, -0.2) is 27.7 Å². The van der Waals surface area contributed by atoms with Gasteiger partial charge in [0.2, 0.25) is 5.96 Å². The zero-order valence-corrected chi connectivity index (χ0v) is 19.3. The van der Waals surface area contributed by atoms with E-state index < -0.39 is 9.84 Å². The average molecular weight is 526 g/mol. The molecule has 26 heavy (non-hydrogen) atoms. The lowest BCUT2D eigenvalue weighted by Crippen LogP contribution is -2.33. The van der Waals surface area contributed by atoms with Crippen LogP contribution in [0.1, 0.15) is 12.5 Å². The van der Waals surface area contributed by atoms with E-state index in [2.05, 4.69) is 43.8 Å². The van der Waals surface area contributed by atoms with Gasteiger partial charge in [0.05, 0.1) is 15.1 Å². The summed E-state index contributed by atoms with van der Waals surface area (Å²) in [6.45, 7) is 2.09. The fourth-order valence-corrected chi connectivity index (χ4v) is 4.79. The van der Waals surface area contributed by atoms with Crippen molar-refractivity contribution in [3.8, 4) is 0 Å². The first-order valence-corrected chi connectivity index (χ1v) is 11.0. The van der Waals surface area contributed by atoms with Gasteiger partial charge in [-0.05, 0) is 52.2 Å². The number of halogens is 3. The van der Waals surface area contributed by atoms with E-state index in [0.29, 0.717) is 14.6 Å². The maximum Gasteiger partial charge on any atom is 0.200 e. The molecular formula is C17H20Br2ClN3O2S. The fourth-order valence-electron chi connectivity index (χ4n) is 2.22. The van der Waals surface area contributed by atoms with Crippen molar-refractivity contribution in [2.45, 2.75) is 18.2 Å². The zero-order chi connectivity index (χ0) is 18.8. The number of hydrogen-bond acceptors (Lipinski definition) is 3. The second-order valence-corrected chi connectivity index (χ2v) is 9.25. The van der Waals surface area contributed by atoms with Crippen LogP contribution in [0.2, 0.25) is 0 Å². The number of nitrogens with two attached hydrogens (primary N) is 1. The SMILES string of the molecule is CCc1cccc(N(C)C(N)=Nc2cc(Br)cc(S(C)(=O)=O)c2Br)c1.Cl. The maximum atomic E-state index is 11.9. The summed E-state index contributed by atoms with van der Waals surface area (Å²) in [4.78, 5) is 6.32. The van der Waals surface area contributed by atoms with E-state index in [1.54, 1.807) is 11.0 Å². The number of benzene rings is 2. The molecule has 0 fully saturated rings. The molecule has 0 aliphatic carbocycles. The van der Waals surface area contributed by atoms with Crippen LogP contribution in [-0.2, 0) is 16.3 Å². The highest BCUT2D eigenvalue weighted by atomic mass is 79.9. The summed E-state index contributed by atoms with van der Waals surface area (Å²) < 4.78 is 24.9. The van der Waals surface area contributed by atoms with Gasteiger partial charge in [0, 0.05) is 23.5 Å². The van der Waals surface area contributed by atoms with E-state index >= 15 is 0 Å². The summed E-state index contributed by atoms with van der Waals surface area (Å²) in [6, 6.07) is 11.2. The lowest BCUT2D eigenvalue weighted by molar-refractivity contribution is 0.601. The van der Waals surface area contributed by atoms with Crippen molar-refractivity contribution in [3.63, 3.8) is 0 Å². The summed E-state index contributed by atoms with van der Waals surface area (Å²) in [7, 11) is -1.58. The lowest BCUT2D eigenvalue weighted by atomic mass is 10.1. The van der Waals surface area contributed by atoms with Crippen molar-refractivity contribution in [1.29, 1.82) is 0 Å². The van der Waals surface area contributed by atoms with E-state index in [1.165, 1.54) is 11.6 Å². The second-order valence-electron chi connectivity index (χ2n) is 5.56. The third kappa shape index (κ3) is 5.45.